The maximum Gasteiger partial charge on any atom is 0.311 e. The van der Waals surface area contributed by atoms with Gasteiger partial charge in [0, 0.05) is 6.54 Å². The lowest BCUT2D eigenvalue weighted by Gasteiger charge is -2.38. The van der Waals surface area contributed by atoms with Crippen LogP contribution in [0.3, 0.4) is 0 Å². The second-order valence-electron chi connectivity index (χ2n) is 5.18. The van der Waals surface area contributed by atoms with E-state index in [1.54, 1.807) is 7.11 Å². The van der Waals surface area contributed by atoms with Gasteiger partial charge in [-0.05, 0) is 37.0 Å². The Kier molecular flexibility index (Phi) is 3.98. The molecule has 0 bridgehead atoms. The summed E-state index contributed by atoms with van der Waals surface area (Å²) in [6.07, 6.45) is 3.46. The maximum absolute atomic E-state index is 11.3. The SMILES string of the molecule is CCc1ccc(OC)c(NCC2(C(=O)O)CCC2)c1. The first-order chi connectivity index (χ1) is 9.11. The van der Waals surface area contributed by atoms with Gasteiger partial charge in [0.05, 0.1) is 18.2 Å². The molecule has 0 aliphatic heterocycles. The Labute approximate surface area is 113 Å². The van der Waals surface area contributed by atoms with Gasteiger partial charge in [-0.15, -0.1) is 0 Å². The van der Waals surface area contributed by atoms with Crippen molar-refractivity contribution in [1.29, 1.82) is 0 Å². The summed E-state index contributed by atoms with van der Waals surface area (Å²) in [4.78, 5) is 11.3. The van der Waals surface area contributed by atoms with Crippen molar-refractivity contribution in [3.05, 3.63) is 23.8 Å². The normalized spacial score (nSPS) is 16.5. The number of ether oxygens (including phenoxy) is 1. The minimum absolute atomic E-state index is 0.464. The van der Waals surface area contributed by atoms with Crippen molar-refractivity contribution in [2.45, 2.75) is 32.6 Å². The van der Waals surface area contributed by atoms with E-state index < -0.39 is 11.4 Å². The number of aryl methyl sites for hydroxylation is 1. The summed E-state index contributed by atoms with van der Waals surface area (Å²) in [5.41, 5.74) is 1.50. The van der Waals surface area contributed by atoms with Crippen molar-refractivity contribution in [2.24, 2.45) is 5.41 Å². The Hall–Kier alpha value is -1.71. The lowest BCUT2D eigenvalue weighted by molar-refractivity contribution is -0.153. The number of anilines is 1. The molecule has 0 atom stereocenters. The predicted molar refractivity (Wildman–Crippen MR) is 74.8 cm³/mol. The number of aliphatic carboxylic acids is 1. The van der Waals surface area contributed by atoms with Gasteiger partial charge in [-0.2, -0.15) is 0 Å². The van der Waals surface area contributed by atoms with Gasteiger partial charge >= 0.3 is 5.97 Å². The largest absolute Gasteiger partial charge is 0.495 e. The second kappa shape index (κ2) is 5.51. The van der Waals surface area contributed by atoms with Crippen molar-refractivity contribution in [3.8, 4) is 5.75 Å². The summed E-state index contributed by atoms with van der Waals surface area (Å²) < 4.78 is 5.31. The van der Waals surface area contributed by atoms with Crippen LogP contribution in [-0.4, -0.2) is 24.7 Å². The number of hydrogen-bond acceptors (Lipinski definition) is 3. The van der Waals surface area contributed by atoms with Crippen LogP contribution >= 0.6 is 0 Å². The molecule has 0 radical (unpaired) electrons. The van der Waals surface area contributed by atoms with Crippen molar-refractivity contribution < 1.29 is 14.6 Å². The van der Waals surface area contributed by atoms with Gasteiger partial charge in [0.25, 0.3) is 0 Å². The third-order valence-corrected chi connectivity index (χ3v) is 4.05. The predicted octanol–water partition coefficient (Wildman–Crippen LogP) is 2.92. The quantitative estimate of drug-likeness (QED) is 0.828. The average molecular weight is 263 g/mol. The molecule has 0 unspecified atom stereocenters. The van der Waals surface area contributed by atoms with Crippen LogP contribution in [0.4, 0.5) is 5.69 Å². The molecule has 19 heavy (non-hydrogen) atoms. The molecule has 4 heteroatoms. The van der Waals surface area contributed by atoms with Gasteiger partial charge in [0.15, 0.2) is 0 Å². The molecule has 1 aliphatic rings. The van der Waals surface area contributed by atoms with Crippen molar-refractivity contribution in [1.82, 2.24) is 0 Å². The summed E-state index contributed by atoms with van der Waals surface area (Å²) in [5, 5.41) is 12.6. The van der Waals surface area contributed by atoms with Crippen molar-refractivity contribution >= 4 is 11.7 Å². The Bertz CT molecular complexity index is 466. The first kappa shape index (κ1) is 13.7. The van der Waals surface area contributed by atoms with E-state index in [0.29, 0.717) is 6.54 Å². The molecule has 1 aliphatic carbocycles. The molecule has 0 amide bonds. The number of rotatable bonds is 6. The molecule has 0 spiro atoms. The van der Waals surface area contributed by atoms with Crippen LogP contribution in [0.2, 0.25) is 0 Å². The number of benzene rings is 1. The molecule has 1 saturated carbocycles. The Morgan fingerprint density at radius 1 is 1.47 bits per heavy atom. The molecule has 2 rings (SSSR count). The summed E-state index contributed by atoms with van der Waals surface area (Å²) >= 11 is 0. The van der Waals surface area contributed by atoms with Crippen molar-refractivity contribution in [3.63, 3.8) is 0 Å². The third-order valence-electron chi connectivity index (χ3n) is 4.05. The highest BCUT2D eigenvalue weighted by Crippen LogP contribution is 2.41. The number of carboxylic acid groups (broad SMARTS) is 1. The Morgan fingerprint density at radius 3 is 2.68 bits per heavy atom. The molecule has 1 aromatic rings. The van der Waals surface area contributed by atoms with Gasteiger partial charge in [-0.1, -0.05) is 19.4 Å². The van der Waals surface area contributed by atoms with Gasteiger partial charge in [-0.25, -0.2) is 0 Å². The summed E-state index contributed by atoms with van der Waals surface area (Å²) in [5.74, 6) is 0.0638. The van der Waals surface area contributed by atoms with Gasteiger partial charge < -0.3 is 15.2 Å². The highest BCUT2D eigenvalue weighted by molar-refractivity contribution is 5.77. The van der Waals surface area contributed by atoms with E-state index in [4.69, 9.17) is 4.74 Å². The van der Waals surface area contributed by atoms with E-state index in [1.807, 2.05) is 18.2 Å². The minimum atomic E-state index is -0.697. The zero-order valence-corrected chi connectivity index (χ0v) is 11.5. The lowest BCUT2D eigenvalue weighted by Crippen LogP contribution is -2.43. The summed E-state index contributed by atoms with van der Waals surface area (Å²) in [6.45, 7) is 2.56. The van der Waals surface area contributed by atoms with Gasteiger partial charge in [0.2, 0.25) is 0 Å². The fourth-order valence-corrected chi connectivity index (χ4v) is 2.45. The van der Waals surface area contributed by atoms with Crippen LogP contribution < -0.4 is 10.1 Å². The number of hydrogen-bond donors (Lipinski definition) is 2. The van der Waals surface area contributed by atoms with Crippen LogP contribution in [0.5, 0.6) is 5.75 Å². The molecule has 0 heterocycles. The van der Waals surface area contributed by atoms with E-state index in [0.717, 1.165) is 37.1 Å². The van der Waals surface area contributed by atoms with E-state index in [2.05, 4.69) is 12.2 Å². The second-order valence-corrected chi connectivity index (χ2v) is 5.18. The Balaban J connectivity index is 2.12. The van der Waals surface area contributed by atoms with E-state index >= 15 is 0 Å². The van der Waals surface area contributed by atoms with E-state index in [-0.39, 0.29) is 0 Å². The first-order valence-electron chi connectivity index (χ1n) is 6.75. The number of carboxylic acids is 1. The monoisotopic (exact) mass is 263 g/mol. The number of methoxy groups -OCH3 is 1. The highest BCUT2D eigenvalue weighted by Gasteiger charge is 2.44. The van der Waals surface area contributed by atoms with Gasteiger partial charge in [0.1, 0.15) is 5.75 Å². The fourth-order valence-electron chi connectivity index (χ4n) is 2.45. The molecule has 2 N–H and O–H groups in total. The lowest BCUT2D eigenvalue weighted by atomic mass is 9.69. The zero-order chi connectivity index (χ0) is 13.9. The van der Waals surface area contributed by atoms with Gasteiger partial charge in [-0.3, -0.25) is 4.79 Å². The molecular formula is C15H21NO3. The van der Waals surface area contributed by atoms with Crippen LogP contribution in [0.25, 0.3) is 0 Å². The molecular weight excluding hydrogens is 242 g/mol. The smallest absolute Gasteiger partial charge is 0.311 e. The topological polar surface area (TPSA) is 58.6 Å². The molecule has 0 aromatic heterocycles. The molecule has 104 valence electrons. The average Bonchev–Trinajstić information content (AvgIpc) is 2.36. The highest BCUT2D eigenvalue weighted by atomic mass is 16.5. The molecule has 1 fully saturated rings. The maximum atomic E-state index is 11.3. The van der Waals surface area contributed by atoms with Crippen LogP contribution in [0.1, 0.15) is 31.7 Å². The zero-order valence-electron chi connectivity index (χ0n) is 11.5. The molecule has 4 nitrogen and oxygen atoms in total. The fraction of sp³-hybridized carbons (Fsp3) is 0.533. The number of carbonyl (C=O) groups is 1. The van der Waals surface area contributed by atoms with Crippen molar-refractivity contribution in [2.75, 3.05) is 19.0 Å². The number of nitrogens with one attached hydrogen (secondary N) is 1. The molecule has 1 aromatic carbocycles. The standard InChI is InChI=1S/C15H21NO3/c1-3-11-5-6-13(19-2)12(9-11)16-10-15(14(17)18)7-4-8-15/h5-6,9,16H,3-4,7-8,10H2,1-2H3,(H,17,18). The van der Waals surface area contributed by atoms with Crippen LogP contribution in [-0.2, 0) is 11.2 Å². The minimum Gasteiger partial charge on any atom is -0.495 e. The summed E-state index contributed by atoms with van der Waals surface area (Å²) in [7, 11) is 1.63. The summed E-state index contributed by atoms with van der Waals surface area (Å²) in [6, 6.07) is 5.99. The van der Waals surface area contributed by atoms with E-state index in [1.165, 1.54) is 5.56 Å². The first-order valence-corrected chi connectivity index (χ1v) is 6.75. The third kappa shape index (κ3) is 2.67. The van der Waals surface area contributed by atoms with Crippen LogP contribution in [0.15, 0.2) is 18.2 Å². The molecule has 0 saturated heterocycles. The van der Waals surface area contributed by atoms with E-state index in [9.17, 15) is 9.90 Å². The van der Waals surface area contributed by atoms with Crippen LogP contribution in [0, 0.1) is 5.41 Å². The Morgan fingerprint density at radius 2 is 2.21 bits per heavy atom.